The topological polar surface area (TPSA) is 68.9 Å². The van der Waals surface area contributed by atoms with Crippen molar-refractivity contribution in [2.45, 2.75) is 13.8 Å². The Bertz CT molecular complexity index is 579. The van der Waals surface area contributed by atoms with Crippen molar-refractivity contribution in [3.8, 4) is 11.1 Å². The molecule has 2 rings (SSSR count). The minimum atomic E-state index is -0.517. The van der Waals surface area contributed by atoms with Gasteiger partial charge >= 0.3 is 0 Å². The number of amides is 1. The average molecular weight is 227 g/mol. The molecule has 2 aromatic rings. The van der Waals surface area contributed by atoms with Gasteiger partial charge in [-0.05, 0) is 43.2 Å². The number of aromatic nitrogens is 2. The Morgan fingerprint density at radius 1 is 1.29 bits per heavy atom. The molecule has 0 aromatic carbocycles. The number of aryl methyl sites for hydroxylation is 2. The lowest BCUT2D eigenvalue weighted by Gasteiger charge is -2.07. The molecule has 2 N–H and O–H groups in total. The molecule has 86 valence electrons. The van der Waals surface area contributed by atoms with Crippen molar-refractivity contribution < 1.29 is 4.79 Å². The number of hydrogen-bond acceptors (Lipinski definition) is 3. The van der Waals surface area contributed by atoms with Gasteiger partial charge in [0.05, 0.1) is 0 Å². The highest BCUT2D eigenvalue weighted by atomic mass is 16.1. The van der Waals surface area contributed by atoms with E-state index in [4.69, 9.17) is 5.73 Å². The van der Waals surface area contributed by atoms with Gasteiger partial charge in [-0.1, -0.05) is 0 Å². The first kappa shape index (κ1) is 11.3. The predicted molar refractivity (Wildman–Crippen MR) is 65.5 cm³/mol. The van der Waals surface area contributed by atoms with E-state index in [1.807, 2.05) is 26.0 Å². The lowest BCUT2D eigenvalue weighted by molar-refractivity contribution is 0.0995. The summed E-state index contributed by atoms with van der Waals surface area (Å²) in [4.78, 5) is 19.3. The molecule has 1 amide bonds. The fraction of sp³-hybridized carbons (Fsp3) is 0.154. The second-order valence-corrected chi connectivity index (χ2v) is 3.94. The highest BCUT2D eigenvalue weighted by molar-refractivity contribution is 5.92. The van der Waals surface area contributed by atoms with Gasteiger partial charge in [0.25, 0.3) is 5.91 Å². The maximum absolute atomic E-state index is 11.2. The van der Waals surface area contributed by atoms with Crippen molar-refractivity contribution in [3.05, 3.63) is 47.5 Å². The highest BCUT2D eigenvalue weighted by Crippen LogP contribution is 2.23. The summed E-state index contributed by atoms with van der Waals surface area (Å²) in [7, 11) is 0. The summed E-state index contributed by atoms with van der Waals surface area (Å²) in [6, 6.07) is 5.53. The molecule has 0 saturated heterocycles. The maximum atomic E-state index is 11.2. The summed E-state index contributed by atoms with van der Waals surface area (Å²) in [5.74, 6) is -0.517. The second kappa shape index (κ2) is 4.33. The van der Waals surface area contributed by atoms with Crippen LogP contribution in [0.5, 0.6) is 0 Å². The van der Waals surface area contributed by atoms with E-state index >= 15 is 0 Å². The fourth-order valence-electron chi connectivity index (χ4n) is 1.72. The van der Waals surface area contributed by atoms with E-state index in [0.717, 1.165) is 22.4 Å². The fourth-order valence-corrected chi connectivity index (χ4v) is 1.72. The number of nitrogens with two attached hydrogens (primary N) is 1. The first-order valence-corrected chi connectivity index (χ1v) is 5.27. The minimum absolute atomic E-state index is 0.281. The van der Waals surface area contributed by atoms with Crippen molar-refractivity contribution in [2.24, 2.45) is 5.73 Å². The van der Waals surface area contributed by atoms with E-state index in [1.165, 1.54) is 0 Å². The van der Waals surface area contributed by atoms with E-state index in [9.17, 15) is 4.79 Å². The van der Waals surface area contributed by atoms with Crippen molar-refractivity contribution in [1.82, 2.24) is 9.97 Å². The van der Waals surface area contributed by atoms with E-state index in [-0.39, 0.29) is 5.69 Å². The standard InChI is InChI=1S/C13H13N3O/c1-8-3-4-15-7-11(8)10-5-9(2)16-12(6-10)13(14)17/h3-7H,1-2H3,(H2,14,17). The van der Waals surface area contributed by atoms with Crippen LogP contribution in [0.2, 0.25) is 0 Å². The number of hydrogen-bond donors (Lipinski definition) is 1. The zero-order valence-electron chi connectivity index (χ0n) is 9.77. The van der Waals surface area contributed by atoms with E-state index < -0.39 is 5.91 Å². The monoisotopic (exact) mass is 227 g/mol. The molecule has 0 aliphatic carbocycles. The van der Waals surface area contributed by atoms with Gasteiger partial charge in [0.15, 0.2) is 0 Å². The third-order valence-electron chi connectivity index (χ3n) is 2.56. The van der Waals surface area contributed by atoms with Gasteiger partial charge in [0.1, 0.15) is 5.69 Å². The molecule has 0 unspecified atom stereocenters. The van der Waals surface area contributed by atoms with Gasteiger partial charge < -0.3 is 5.73 Å². The van der Waals surface area contributed by atoms with Crippen LogP contribution < -0.4 is 5.73 Å². The van der Waals surface area contributed by atoms with Crippen LogP contribution in [0.15, 0.2) is 30.6 Å². The highest BCUT2D eigenvalue weighted by Gasteiger charge is 2.08. The normalized spacial score (nSPS) is 10.2. The van der Waals surface area contributed by atoms with Crippen LogP contribution in [0.3, 0.4) is 0 Å². The predicted octanol–water partition coefficient (Wildman–Crippen LogP) is 1.86. The zero-order valence-corrected chi connectivity index (χ0v) is 9.77. The van der Waals surface area contributed by atoms with Crippen LogP contribution in [0.1, 0.15) is 21.7 Å². The number of rotatable bonds is 2. The van der Waals surface area contributed by atoms with Crippen LogP contribution in [0.4, 0.5) is 0 Å². The average Bonchev–Trinajstić information content (AvgIpc) is 2.28. The molecule has 2 aromatic heterocycles. The number of nitrogens with zero attached hydrogens (tertiary/aromatic N) is 2. The smallest absolute Gasteiger partial charge is 0.267 e. The quantitative estimate of drug-likeness (QED) is 0.851. The van der Waals surface area contributed by atoms with E-state index in [2.05, 4.69) is 9.97 Å². The first-order valence-electron chi connectivity index (χ1n) is 5.27. The van der Waals surface area contributed by atoms with Crippen LogP contribution in [-0.4, -0.2) is 15.9 Å². The molecule has 0 aliphatic rings. The molecule has 0 atom stereocenters. The van der Waals surface area contributed by atoms with E-state index in [0.29, 0.717) is 0 Å². The number of pyridine rings is 2. The van der Waals surface area contributed by atoms with Crippen molar-refractivity contribution in [3.63, 3.8) is 0 Å². The maximum Gasteiger partial charge on any atom is 0.267 e. The Labute approximate surface area is 99.5 Å². The molecule has 4 nitrogen and oxygen atoms in total. The first-order chi connectivity index (χ1) is 8.08. The molecule has 0 spiro atoms. The molecular weight excluding hydrogens is 214 g/mol. The molecule has 0 radical (unpaired) electrons. The molecule has 0 saturated carbocycles. The molecule has 17 heavy (non-hydrogen) atoms. The minimum Gasteiger partial charge on any atom is -0.364 e. The van der Waals surface area contributed by atoms with Gasteiger partial charge in [0.2, 0.25) is 0 Å². The molecule has 0 bridgehead atoms. The lowest BCUT2D eigenvalue weighted by atomic mass is 10.0. The summed E-state index contributed by atoms with van der Waals surface area (Å²) < 4.78 is 0. The summed E-state index contributed by atoms with van der Waals surface area (Å²) in [5, 5.41) is 0. The number of carbonyl (C=O) groups is 1. The summed E-state index contributed by atoms with van der Waals surface area (Å²) >= 11 is 0. The SMILES string of the molecule is Cc1cc(-c2cnccc2C)cc(C(N)=O)n1. The summed E-state index contributed by atoms with van der Waals surface area (Å²) in [6.45, 7) is 3.83. The Morgan fingerprint density at radius 2 is 2.06 bits per heavy atom. The van der Waals surface area contributed by atoms with Crippen LogP contribution in [0.25, 0.3) is 11.1 Å². The summed E-state index contributed by atoms with van der Waals surface area (Å²) in [6.07, 6.45) is 3.51. The third kappa shape index (κ3) is 2.30. The Kier molecular flexibility index (Phi) is 2.87. The summed E-state index contributed by atoms with van der Waals surface area (Å²) in [5.41, 5.74) is 9.29. The van der Waals surface area contributed by atoms with Gasteiger partial charge in [0, 0.05) is 23.7 Å². The molecule has 4 heteroatoms. The molecule has 0 fully saturated rings. The van der Waals surface area contributed by atoms with Gasteiger partial charge in [-0.2, -0.15) is 0 Å². The van der Waals surface area contributed by atoms with Gasteiger partial charge in [-0.15, -0.1) is 0 Å². The Balaban J connectivity index is 2.60. The number of primary amides is 1. The molecule has 2 heterocycles. The van der Waals surface area contributed by atoms with Crippen LogP contribution >= 0.6 is 0 Å². The second-order valence-electron chi connectivity index (χ2n) is 3.94. The number of carbonyl (C=O) groups excluding carboxylic acids is 1. The third-order valence-corrected chi connectivity index (χ3v) is 2.56. The lowest BCUT2D eigenvalue weighted by Crippen LogP contribution is -2.13. The van der Waals surface area contributed by atoms with Crippen molar-refractivity contribution >= 4 is 5.91 Å². The Hall–Kier alpha value is -2.23. The van der Waals surface area contributed by atoms with Gasteiger partial charge in [-0.25, -0.2) is 4.98 Å². The van der Waals surface area contributed by atoms with Crippen molar-refractivity contribution in [2.75, 3.05) is 0 Å². The Morgan fingerprint density at radius 3 is 2.71 bits per heavy atom. The molecular formula is C13H13N3O. The zero-order chi connectivity index (χ0) is 12.4. The van der Waals surface area contributed by atoms with Crippen LogP contribution in [0, 0.1) is 13.8 Å². The molecule has 0 aliphatic heterocycles. The van der Waals surface area contributed by atoms with Crippen molar-refractivity contribution in [1.29, 1.82) is 0 Å². The van der Waals surface area contributed by atoms with Crippen LogP contribution in [-0.2, 0) is 0 Å². The van der Waals surface area contributed by atoms with E-state index in [1.54, 1.807) is 18.5 Å². The van der Waals surface area contributed by atoms with Gasteiger partial charge in [-0.3, -0.25) is 9.78 Å². The largest absolute Gasteiger partial charge is 0.364 e.